The van der Waals surface area contributed by atoms with E-state index < -0.39 is 10.7 Å². The number of rotatable bonds is 3. The lowest BCUT2D eigenvalue weighted by molar-refractivity contribution is -0.384. The van der Waals surface area contributed by atoms with Crippen molar-refractivity contribution in [3.8, 4) is 11.1 Å². The summed E-state index contributed by atoms with van der Waals surface area (Å²) in [4.78, 5) is 10.2. The molecular weight excluding hydrogens is 250 g/mol. The van der Waals surface area contributed by atoms with Crippen LogP contribution in [0.5, 0.6) is 0 Å². The second-order valence-electron chi connectivity index (χ2n) is 3.65. The van der Waals surface area contributed by atoms with Crippen molar-refractivity contribution in [2.45, 2.75) is 0 Å². The van der Waals surface area contributed by atoms with Gasteiger partial charge in [0.15, 0.2) is 5.76 Å². The molecule has 0 aliphatic heterocycles. The van der Waals surface area contributed by atoms with E-state index in [0.717, 1.165) is 0 Å². The van der Waals surface area contributed by atoms with E-state index in [1.165, 1.54) is 24.4 Å². The number of hydrogen-bond acceptors (Lipinski definition) is 6. The summed E-state index contributed by atoms with van der Waals surface area (Å²) in [6.45, 7) is 0. The highest BCUT2D eigenvalue weighted by molar-refractivity contribution is 5.68. The molecule has 0 spiro atoms. The van der Waals surface area contributed by atoms with Crippen molar-refractivity contribution in [3.63, 3.8) is 0 Å². The Kier molecular flexibility index (Phi) is 3.37. The maximum Gasteiger partial charge on any atom is 0.270 e. The molecule has 0 aliphatic rings. The Bertz CT molecular complexity index is 655. The number of non-ortho nitro benzene ring substituents is 1. The summed E-state index contributed by atoms with van der Waals surface area (Å²) in [6, 6.07) is 7.46. The minimum Gasteiger partial charge on any atom is -0.512 e. The van der Waals surface area contributed by atoms with Crippen LogP contribution >= 0.6 is 0 Å². The average Bonchev–Trinajstić information content (AvgIpc) is 2.46. The number of nitro benzene ring substituents is 1. The van der Waals surface area contributed by atoms with Crippen LogP contribution in [0.4, 0.5) is 5.69 Å². The molecule has 2 rings (SSSR count). The van der Waals surface area contributed by atoms with Crippen LogP contribution in [0.15, 0.2) is 42.8 Å². The summed E-state index contributed by atoms with van der Waals surface area (Å²) in [5.41, 5.74) is 1.14. The third-order valence-corrected chi connectivity index (χ3v) is 2.43. The summed E-state index contributed by atoms with van der Waals surface area (Å²) >= 11 is 0. The van der Waals surface area contributed by atoms with E-state index in [0.29, 0.717) is 17.4 Å². The van der Waals surface area contributed by atoms with Gasteiger partial charge in [-0.1, -0.05) is 12.1 Å². The van der Waals surface area contributed by atoms with Crippen LogP contribution in [0.25, 0.3) is 16.9 Å². The van der Waals surface area contributed by atoms with Crippen molar-refractivity contribution >= 4 is 11.4 Å². The Morgan fingerprint density at radius 1 is 1.32 bits per heavy atom. The molecule has 0 radical (unpaired) electrons. The van der Waals surface area contributed by atoms with Gasteiger partial charge < -0.3 is 10.2 Å². The fourth-order valence-corrected chi connectivity index (χ4v) is 1.51. The minimum absolute atomic E-state index is 0.0437. The quantitative estimate of drug-likeness (QED) is 0.497. The van der Waals surface area contributed by atoms with Crippen LogP contribution in [-0.2, 0) is 0 Å². The van der Waals surface area contributed by atoms with Crippen molar-refractivity contribution in [3.05, 3.63) is 58.6 Å². The normalized spacial score (nSPS) is 11.3. The Labute approximate surface area is 107 Å². The molecule has 1 aromatic heterocycles. The van der Waals surface area contributed by atoms with Gasteiger partial charge in [-0.05, 0) is 11.6 Å². The third-order valence-electron chi connectivity index (χ3n) is 2.43. The fraction of sp³-hybridized carbons (Fsp3) is 0. The molecule has 0 aliphatic carbocycles. The highest BCUT2D eigenvalue weighted by Gasteiger charge is 2.09. The highest BCUT2D eigenvalue weighted by atomic mass is 16.6. The lowest BCUT2D eigenvalue weighted by Gasteiger charge is -2.03. The SMILES string of the molecule is O=[N+]([O-])c1cccc(-c2cnnc(C(O)=CO)c2)c1. The zero-order valence-corrected chi connectivity index (χ0v) is 9.59. The summed E-state index contributed by atoms with van der Waals surface area (Å²) in [5, 5.41) is 36.0. The molecule has 2 N–H and O–H groups in total. The monoisotopic (exact) mass is 259 g/mol. The van der Waals surface area contributed by atoms with Gasteiger partial charge in [0.2, 0.25) is 0 Å². The smallest absolute Gasteiger partial charge is 0.270 e. The Morgan fingerprint density at radius 2 is 2.11 bits per heavy atom. The van der Waals surface area contributed by atoms with E-state index in [4.69, 9.17) is 5.11 Å². The summed E-state index contributed by atoms with van der Waals surface area (Å²) in [7, 11) is 0. The third kappa shape index (κ3) is 2.65. The van der Waals surface area contributed by atoms with Gasteiger partial charge in [0.25, 0.3) is 5.69 Å². The first-order chi connectivity index (χ1) is 9.11. The van der Waals surface area contributed by atoms with Crippen molar-refractivity contribution in [1.29, 1.82) is 0 Å². The first kappa shape index (κ1) is 12.5. The first-order valence-electron chi connectivity index (χ1n) is 5.23. The molecule has 7 heteroatoms. The Morgan fingerprint density at radius 3 is 2.79 bits per heavy atom. The molecule has 1 aromatic carbocycles. The number of aliphatic hydroxyl groups is 2. The van der Waals surface area contributed by atoms with Crippen LogP contribution in [0.2, 0.25) is 0 Å². The van der Waals surface area contributed by atoms with Crippen LogP contribution < -0.4 is 0 Å². The maximum absolute atomic E-state index is 10.7. The molecule has 0 unspecified atom stereocenters. The van der Waals surface area contributed by atoms with Crippen LogP contribution in [0.1, 0.15) is 5.69 Å². The molecular formula is C12H9N3O4. The van der Waals surface area contributed by atoms with E-state index in [1.807, 2.05) is 0 Å². The topological polar surface area (TPSA) is 109 Å². The van der Waals surface area contributed by atoms with E-state index >= 15 is 0 Å². The van der Waals surface area contributed by atoms with Gasteiger partial charge >= 0.3 is 0 Å². The lowest BCUT2D eigenvalue weighted by atomic mass is 10.1. The molecule has 0 fully saturated rings. The van der Waals surface area contributed by atoms with Gasteiger partial charge in [0.05, 0.1) is 11.1 Å². The van der Waals surface area contributed by atoms with Crippen molar-refractivity contribution in [2.75, 3.05) is 0 Å². The zero-order chi connectivity index (χ0) is 13.8. The maximum atomic E-state index is 10.7. The Hall–Kier alpha value is -2.96. The number of aromatic nitrogens is 2. The van der Waals surface area contributed by atoms with Gasteiger partial charge in [0.1, 0.15) is 12.0 Å². The average molecular weight is 259 g/mol. The highest BCUT2D eigenvalue weighted by Crippen LogP contribution is 2.24. The number of hydrogen-bond donors (Lipinski definition) is 2. The molecule has 1 heterocycles. The van der Waals surface area contributed by atoms with Crippen molar-refractivity contribution in [2.24, 2.45) is 0 Å². The molecule has 0 saturated heterocycles. The lowest BCUT2D eigenvalue weighted by Crippen LogP contribution is -1.94. The van der Waals surface area contributed by atoms with Crippen LogP contribution in [0.3, 0.4) is 0 Å². The van der Waals surface area contributed by atoms with Crippen LogP contribution in [0, 0.1) is 10.1 Å². The number of nitro groups is 1. The number of aliphatic hydroxyl groups excluding tert-OH is 2. The van der Waals surface area contributed by atoms with Gasteiger partial charge in [-0.2, -0.15) is 5.10 Å². The summed E-state index contributed by atoms with van der Waals surface area (Å²) < 4.78 is 0. The van der Waals surface area contributed by atoms with Crippen molar-refractivity contribution < 1.29 is 15.1 Å². The second-order valence-corrected chi connectivity index (χ2v) is 3.65. The fourth-order valence-electron chi connectivity index (χ4n) is 1.51. The minimum atomic E-state index is -0.496. The van der Waals surface area contributed by atoms with Gasteiger partial charge in [-0.3, -0.25) is 10.1 Å². The summed E-state index contributed by atoms with van der Waals surface area (Å²) in [5.74, 6) is -0.431. The number of nitrogens with zero attached hydrogens (tertiary/aromatic N) is 3. The van der Waals surface area contributed by atoms with E-state index in [9.17, 15) is 15.2 Å². The van der Waals surface area contributed by atoms with Crippen molar-refractivity contribution in [1.82, 2.24) is 10.2 Å². The van der Waals surface area contributed by atoms with E-state index in [1.54, 1.807) is 12.1 Å². The molecule has 0 saturated carbocycles. The van der Waals surface area contributed by atoms with Gasteiger partial charge in [-0.15, -0.1) is 5.10 Å². The largest absolute Gasteiger partial charge is 0.512 e. The first-order valence-corrected chi connectivity index (χ1v) is 5.23. The standard InChI is InChI=1S/C12H9N3O4/c16-7-12(17)11-5-9(6-13-14-11)8-2-1-3-10(4-8)15(18)19/h1-7,16-17H. The zero-order valence-electron chi connectivity index (χ0n) is 9.59. The second kappa shape index (κ2) is 5.13. The molecule has 7 nitrogen and oxygen atoms in total. The molecule has 96 valence electrons. The molecule has 0 atom stereocenters. The molecule has 2 aromatic rings. The Balaban J connectivity index is 2.47. The summed E-state index contributed by atoms with van der Waals surface area (Å²) in [6.07, 6.45) is 1.91. The molecule has 0 amide bonds. The van der Waals surface area contributed by atoms with E-state index in [-0.39, 0.29) is 11.4 Å². The van der Waals surface area contributed by atoms with Gasteiger partial charge in [-0.25, -0.2) is 0 Å². The predicted molar refractivity (Wildman–Crippen MR) is 67.4 cm³/mol. The number of benzene rings is 1. The van der Waals surface area contributed by atoms with E-state index in [2.05, 4.69) is 10.2 Å². The molecule has 19 heavy (non-hydrogen) atoms. The van der Waals surface area contributed by atoms with Crippen LogP contribution in [-0.4, -0.2) is 25.3 Å². The van der Waals surface area contributed by atoms with Gasteiger partial charge in [0, 0.05) is 17.7 Å². The molecule has 0 bridgehead atoms. The predicted octanol–water partition coefficient (Wildman–Crippen LogP) is 2.47.